The van der Waals surface area contributed by atoms with Crippen molar-refractivity contribution in [3.05, 3.63) is 40.9 Å². The Morgan fingerprint density at radius 1 is 1.25 bits per heavy atom. The lowest BCUT2D eigenvalue weighted by Crippen LogP contribution is -2.35. The fourth-order valence-electron chi connectivity index (χ4n) is 3.03. The van der Waals surface area contributed by atoms with Gasteiger partial charge in [-0.3, -0.25) is 0 Å². The summed E-state index contributed by atoms with van der Waals surface area (Å²) in [7, 11) is 0. The summed E-state index contributed by atoms with van der Waals surface area (Å²) in [5, 5.41) is 1.16. The largest absolute Gasteiger partial charge is 0.490 e. The summed E-state index contributed by atoms with van der Waals surface area (Å²) in [6.45, 7) is 1.43. The third-order valence-corrected chi connectivity index (χ3v) is 4.72. The molecule has 0 radical (unpaired) electrons. The fraction of sp³-hybridized carbons (Fsp3) is 0.312. The summed E-state index contributed by atoms with van der Waals surface area (Å²) in [5.74, 6) is 1.46. The van der Waals surface area contributed by atoms with Crippen molar-refractivity contribution in [2.45, 2.75) is 18.9 Å². The molecule has 6 nitrogen and oxygen atoms in total. The van der Waals surface area contributed by atoms with E-state index in [4.69, 9.17) is 27.9 Å². The van der Waals surface area contributed by atoms with E-state index in [0.717, 1.165) is 30.7 Å². The van der Waals surface area contributed by atoms with Crippen molar-refractivity contribution >= 4 is 40.2 Å². The standard InChI is InChI=1S/C16H15Cl2N5O/c17-10-3-4-12(18)13(6-10)24-7-11-2-1-5-23(11)16-14-15(20-8-19-14)21-9-22-16/h3-4,6,8-9,11H,1-2,5,7H2,(H,19,20,21,22)/t11-/m1/s1. The van der Waals surface area contributed by atoms with Crippen LogP contribution in [0.1, 0.15) is 12.8 Å². The minimum Gasteiger partial charge on any atom is -0.490 e. The number of ether oxygens (including phenoxy) is 1. The van der Waals surface area contributed by atoms with E-state index in [2.05, 4.69) is 24.8 Å². The number of hydrogen-bond acceptors (Lipinski definition) is 5. The minimum atomic E-state index is 0.210. The Morgan fingerprint density at radius 3 is 3.08 bits per heavy atom. The zero-order valence-corrected chi connectivity index (χ0v) is 14.3. The number of imidazole rings is 1. The predicted molar refractivity (Wildman–Crippen MR) is 94.0 cm³/mol. The number of halogens is 2. The second kappa shape index (κ2) is 6.45. The number of H-pyrrole nitrogens is 1. The van der Waals surface area contributed by atoms with E-state index in [9.17, 15) is 0 Å². The molecule has 2 aromatic heterocycles. The van der Waals surface area contributed by atoms with Gasteiger partial charge < -0.3 is 14.6 Å². The smallest absolute Gasteiger partial charge is 0.182 e. The number of anilines is 1. The summed E-state index contributed by atoms with van der Waals surface area (Å²) in [6.07, 6.45) is 5.29. The average Bonchev–Trinajstić information content (AvgIpc) is 3.24. The van der Waals surface area contributed by atoms with Crippen LogP contribution in [0.4, 0.5) is 5.82 Å². The van der Waals surface area contributed by atoms with Crippen LogP contribution in [0.2, 0.25) is 10.0 Å². The third-order valence-electron chi connectivity index (χ3n) is 4.18. The Morgan fingerprint density at radius 2 is 2.17 bits per heavy atom. The summed E-state index contributed by atoms with van der Waals surface area (Å²) >= 11 is 12.2. The molecule has 0 spiro atoms. The number of aromatic nitrogens is 4. The monoisotopic (exact) mass is 363 g/mol. The Kier molecular flexibility index (Phi) is 4.16. The molecule has 1 fully saturated rings. The highest BCUT2D eigenvalue weighted by molar-refractivity contribution is 6.34. The maximum atomic E-state index is 6.17. The van der Waals surface area contributed by atoms with Gasteiger partial charge in [0.25, 0.3) is 0 Å². The molecule has 3 aromatic rings. The molecule has 24 heavy (non-hydrogen) atoms. The van der Waals surface area contributed by atoms with Crippen LogP contribution in [0.25, 0.3) is 11.2 Å². The van der Waals surface area contributed by atoms with Crippen LogP contribution in [0, 0.1) is 0 Å². The van der Waals surface area contributed by atoms with Crippen molar-refractivity contribution in [1.29, 1.82) is 0 Å². The second-order valence-electron chi connectivity index (χ2n) is 5.67. The first kappa shape index (κ1) is 15.5. The van der Waals surface area contributed by atoms with Crippen molar-refractivity contribution in [2.75, 3.05) is 18.1 Å². The maximum absolute atomic E-state index is 6.17. The Hall–Kier alpha value is -2.05. The SMILES string of the molecule is Clc1ccc(Cl)c(OC[C@H]2CCCN2c2ncnc3nc[nH]c23)c1. The van der Waals surface area contributed by atoms with E-state index in [1.54, 1.807) is 30.9 Å². The van der Waals surface area contributed by atoms with Crippen molar-refractivity contribution in [3.8, 4) is 5.75 Å². The molecule has 1 aliphatic heterocycles. The van der Waals surface area contributed by atoms with Gasteiger partial charge in [0.15, 0.2) is 11.5 Å². The zero-order chi connectivity index (χ0) is 16.5. The first-order chi connectivity index (χ1) is 11.7. The molecular formula is C16H15Cl2N5O. The van der Waals surface area contributed by atoms with Crippen LogP contribution >= 0.6 is 23.2 Å². The van der Waals surface area contributed by atoms with E-state index in [0.29, 0.717) is 28.0 Å². The van der Waals surface area contributed by atoms with E-state index in [1.807, 2.05) is 0 Å². The van der Waals surface area contributed by atoms with Crippen LogP contribution in [-0.4, -0.2) is 39.1 Å². The molecule has 124 valence electrons. The topological polar surface area (TPSA) is 66.9 Å². The molecule has 1 saturated heterocycles. The van der Waals surface area contributed by atoms with Gasteiger partial charge in [-0.05, 0) is 25.0 Å². The van der Waals surface area contributed by atoms with E-state index < -0.39 is 0 Å². The van der Waals surface area contributed by atoms with Gasteiger partial charge in [-0.1, -0.05) is 23.2 Å². The number of nitrogens with zero attached hydrogens (tertiary/aromatic N) is 4. The maximum Gasteiger partial charge on any atom is 0.182 e. The lowest BCUT2D eigenvalue weighted by Gasteiger charge is -2.26. The van der Waals surface area contributed by atoms with Crippen LogP contribution in [0.5, 0.6) is 5.75 Å². The summed E-state index contributed by atoms with van der Waals surface area (Å²) in [6, 6.07) is 5.43. The quantitative estimate of drug-likeness (QED) is 0.765. The Bertz CT molecular complexity index is 869. The molecule has 1 aliphatic rings. The molecule has 1 atom stereocenters. The first-order valence-electron chi connectivity index (χ1n) is 7.71. The molecule has 0 bridgehead atoms. The average molecular weight is 364 g/mol. The first-order valence-corrected chi connectivity index (χ1v) is 8.46. The molecule has 1 N–H and O–H groups in total. The van der Waals surface area contributed by atoms with E-state index >= 15 is 0 Å². The van der Waals surface area contributed by atoms with Gasteiger partial charge in [0.05, 0.1) is 17.4 Å². The molecule has 0 unspecified atom stereocenters. The Balaban J connectivity index is 1.55. The van der Waals surface area contributed by atoms with Crippen molar-refractivity contribution in [2.24, 2.45) is 0 Å². The van der Waals surface area contributed by atoms with Crippen molar-refractivity contribution in [3.63, 3.8) is 0 Å². The molecule has 8 heteroatoms. The van der Waals surface area contributed by atoms with Gasteiger partial charge in [0, 0.05) is 17.6 Å². The molecule has 0 saturated carbocycles. The number of aromatic amines is 1. The summed E-state index contributed by atoms with van der Waals surface area (Å²) in [4.78, 5) is 18.2. The third kappa shape index (κ3) is 2.87. The minimum absolute atomic E-state index is 0.210. The predicted octanol–water partition coefficient (Wildman–Crippen LogP) is 3.71. The highest BCUT2D eigenvalue weighted by atomic mass is 35.5. The molecular weight excluding hydrogens is 349 g/mol. The second-order valence-corrected chi connectivity index (χ2v) is 6.52. The van der Waals surface area contributed by atoms with Gasteiger partial charge in [0.2, 0.25) is 0 Å². The van der Waals surface area contributed by atoms with E-state index in [-0.39, 0.29) is 6.04 Å². The van der Waals surface area contributed by atoms with Gasteiger partial charge >= 0.3 is 0 Å². The normalized spacial score (nSPS) is 17.6. The Labute approximate surface area is 148 Å². The summed E-state index contributed by atoms with van der Waals surface area (Å²) in [5.41, 5.74) is 1.52. The molecule has 0 amide bonds. The number of hydrogen-bond donors (Lipinski definition) is 1. The highest BCUT2D eigenvalue weighted by Gasteiger charge is 2.28. The highest BCUT2D eigenvalue weighted by Crippen LogP contribution is 2.31. The van der Waals surface area contributed by atoms with Crippen LogP contribution < -0.4 is 9.64 Å². The number of rotatable bonds is 4. The number of benzene rings is 1. The van der Waals surface area contributed by atoms with Gasteiger partial charge in [-0.25, -0.2) is 15.0 Å². The number of nitrogens with one attached hydrogen (secondary N) is 1. The van der Waals surface area contributed by atoms with Crippen LogP contribution in [0.15, 0.2) is 30.9 Å². The van der Waals surface area contributed by atoms with Gasteiger partial charge in [-0.15, -0.1) is 0 Å². The molecule has 4 rings (SSSR count). The van der Waals surface area contributed by atoms with Crippen molar-refractivity contribution in [1.82, 2.24) is 19.9 Å². The lowest BCUT2D eigenvalue weighted by molar-refractivity contribution is 0.288. The molecule has 1 aromatic carbocycles. The lowest BCUT2D eigenvalue weighted by atomic mass is 10.2. The van der Waals surface area contributed by atoms with Crippen molar-refractivity contribution < 1.29 is 4.74 Å². The molecule has 3 heterocycles. The zero-order valence-electron chi connectivity index (χ0n) is 12.7. The van der Waals surface area contributed by atoms with Gasteiger partial charge in [-0.2, -0.15) is 0 Å². The number of fused-ring (bicyclic) bond motifs is 1. The van der Waals surface area contributed by atoms with E-state index in [1.165, 1.54) is 0 Å². The van der Waals surface area contributed by atoms with Crippen LogP contribution in [0.3, 0.4) is 0 Å². The van der Waals surface area contributed by atoms with Crippen LogP contribution in [-0.2, 0) is 0 Å². The van der Waals surface area contributed by atoms with Gasteiger partial charge in [0.1, 0.15) is 24.2 Å². The molecule has 0 aliphatic carbocycles. The fourth-order valence-corrected chi connectivity index (χ4v) is 3.37. The summed E-state index contributed by atoms with van der Waals surface area (Å²) < 4.78 is 5.92.